The van der Waals surface area contributed by atoms with Gasteiger partial charge in [0.05, 0.1) is 12.7 Å². The smallest absolute Gasteiger partial charge is 0.0993 e. The molecule has 2 atom stereocenters. The molecule has 3 rings (SSSR count). The van der Waals surface area contributed by atoms with E-state index in [-0.39, 0.29) is 12.1 Å². The zero-order valence-corrected chi connectivity index (χ0v) is 12.3. The molecule has 0 spiro atoms. The molecule has 0 saturated heterocycles. The first-order valence-corrected chi connectivity index (χ1v) is 7.35. The minimum Gasteiger partial charge on any atom is -0.371 e. The number of pyridine rings is 1. The molecule has 0 amide bonds. The van der Waals surface area contributed by atoms with Crippen LogP contribution < -0.4 is 11.1 Å². The van der Waals surface area contributed by atoms with Crippen molar-refractivity contribution in [3.63, 3.8) is 0 Å². The van der Waals surface area contributed by atoms with E-state index in [0.29, 0.717) is 6.54 Å². The van der Waals surface area contributed by atoms with E-state index >= 15 is 0 Å². The van der Waals surface area contributed by atoms with Crippen molar-refractivity contribution in [2.24, 2.45) is 5.73 Å². The summed E-state index contributed by atoms with van der Waals surface area (Å²) in [6, 6.07) is 10.8. The Bertz CT molecular complexity index is 596. The molecule has 0 aliphatic carbocycles. The Morgan fingerprint density at radius 3 is 3.00 bits per heavy atom. The number of benzene rings is 1. The molecule has 4 heteroatoms. The standard InChI is InChI=1S/C17H21N3O/c1-19-16(10-18)17-15-9-13(14-3-2-7-20-11-14)5-4-12(15)6-8-21-17/h2-5,7,9,11,16-17,19H,6,8,10,18H2,1H3. The van der Waals surface area contributed by atoms with E-state index in [9.17, 15) is 0 Å². The predicted molar refractivity (Wildman–Crippen MR) is 84.0 cm³/mol. The van der Waals surface area contributed by atoms with Crippen molar-refractivity contribution in [2.75, 3.05) is 20.2 Å². The molecule has 21 heavy (non-hydrogen) atoms. The summed E-state index contributed by atoms with van der Waals surface area (Å²) in [7, 11) is 1.93. The minimum absolute atomic E-state index is 0.0142. The lowest BCUT2D eigenvalue weighted by Gasteiger charge is -2.32. The molecule has 2 heterocycles. The topological polar surface area (TPSA) is 60.2 Å². The van der Waals surface area contributed by atoms with Crippen LogP contribution in [0.2, 0.25) is 0 Å². The summed E-state index contributed by atoms with van der Waals surface area (Å²) < 4.78 is 5.98. The van der Waals surface area contributed by atoms with Gasteiger partial charge in [0.2, 0.25) is 0 Å². The molecule has 1 aromatic heterocycles. The van der Waals surface area contributed by atoms with Gasteiger partial charge in [0.15, 0.2) is 0 Å². The van der Waals surface area contributed by atoms with E-state index < -0.39 is 0 Å². The third kappa shape index (κ3) is 2.83. The molecule has 0 fully saturated rings. The second kappa shape index (κ2) is 6.35. The highest BCUT2D eigenvalue weighted by Crippen LogP contribution is 2.33. The quantitative estimate of drug-likeness (QED) is 0.900. The molecule has 2 aromatic rings. The predicted octanol–water partition coefficient (Wildman–Crippen LogP) is 1.91. The van der Waals surface area contributed by atoms with Crippen molar-refractivity contribution in [2.45, 2.75) is 18.6 Å². The number of rotatable bonds is 4. The number of ether oxygens (including phenoxy) is 1. The lowest BCUT2D eigenvalue weighted by molar-refractivity contribution is 0.0193. The zero-order valence-electron chi connectivity index (χ0n) is 12.3. The number of hydrogen-bond donors (Lipinski definition) is 2. The SMILES string of the molecule is CNC(CN)C1OCCc2ccc(-c3cccnc3)cc21. The lowest BCUT2D eigenvalue weighted by atomic mass is 9.90. The van der Waals surface area contributed by atoms with Crippen LogP contribution in [-0.4, -0.2) is 31.2 Å². The number of nitrogens with one attached hydrogen (secondary N) is 1. The van der Waals surface area contributed by atoms with E-state index in [1.165, 1.54) is 16.7 Å². The minimum atomic E-state index is 0.0142. The Kier molecular flexibility index (Phi) is 4.29. The molecule has 1 aliphatic rings. The van der Waals surface area contributed by atoms with E-state index in [1.54, 1.807) is 6.20 Å². The van der Waals surface area contributed by atoms with Gasteiger partial charge in [-0.3, -0.25) is 4.98 Å². The normalized spacial score (nSPS) is 19.0. The van der Waals surface area contributed by atoms with Gasteiger partial charge in [-0.15, -0.1) is 0 Å². The zero-order chi connectivity index (χ0) is 14.7. The molecule has 3 N–H and O–H groups in total. The molecule has 110 valence electrons. The Morgan fingerprint density at radius 1 is 1.38 bits per heavy atom. The summed E-state index contributed by atoms with van der Waals surface area (Å²) in [5.74, 6) is 0. The van der Waals surface area contributed by atoms with Crippen LogP contribution in [0.25, 0.3) is 11.1 Å². The van der Waals surface area contributed by atoms with Gasteiger partial charge in [-0.1, -0.05) is 18.2 Å². The number of nitrogens with zero attached hydrogens (tertiary/aromatic N) is 1. The summed E-state index contributed by atoms with van der Waals surface area (Å²) >= 11 is 0. The van der Waals surface area contributed by atoms with E-state index in [4.69, 9.17) is 10.5 Å². The van der Waals surface area contributed by atoms with Gasteiger partial charge in [-0.25, -0.2) is 0 Å². The van der Waals surface area contributed by atoms with Crippen LogP contribution in [0, 0.1) is 0 Å². The fraction of sp³-hybridized carbons (Fsp3) is 0.353. The second-order valence-electron chi connectivity index (χ2n) is 5.33. The summed E-state index contributed by atoms with van der Waals surface area (Å²) in [5.41, 5.74) is 10.8. The van der Waals surface area contributed by atoms with Crippen molar-refractivity contribution in [1.82, 2.24) is 10.3 Å². The molecular weight excluding hydrogens is 262 g/mol. The maximum absolute atomic E-state index is 5.98. The van der Waals surface area contributed by atoms with Crippen LogP contribution in [0.1, 0.15) is 17.2 Å². The monoisotopic (exact) mass is 283 g/mol. The maximum atomic E-state index is 5.98. The maximum Gasteiger partial charge on any atom is 0.0993 e. The fourth-order valence-electron chi connectivity index (χ4n) is 2.91. The number of nitrogens with two attached hydrogens (primary N) is 1. The molecule has 2 unspecified atom stereocenters. The van der Waals surface area contributed by atoms with E-state index in [0.717, 1.165) is 18.6 Å². The van der Waals surface area contributed by atoms with Crippen molar-refractivity contribution in [1.29, 1.82) is 0 Å². The Balaban J connectivity index is 2.01. The first-order chi connectivity index (χ1) is 10.3. The average molecular weight is 283 g/mol. The first kappa shape index (κ1) is 14.2. The third-order valence-electron chi connectivity index (χ3n) is 4.11. The van der Waals surface area contributed by atoms with Crippen LogP contribution in [0.5, 0.6) is 0 Å². The molecule has 1 aromatic carbocycles. The molecule has 0 radical (unpaired) electrons. The van der Waals surface area contributed by atoms with Crippen molar-refractivity contribution >= 4 is 0 Å². The average Bonchev–Trinajstić information content (AvgIpc) is 2.56. The third-order valence-corrected chi connectivity index (χ3v) is 4.11. The highest BCUT2D eigenvalue weighted by Gasteiger charge is 2.27. The van der Waals surface area contributed by atoms with Crippen LogP contribution in [-0.2, 0) is 11.2 Å². The Morgan fingerprint density at radius 2 is 2.29 bits per heavy atom. The van der Waals surface area contributed by atoms with Gasteiger partial charge < -0.3 is 15.8 Å². The van der Waals surface area contributed by atoms with Crippen molar-refractivity contribution in [3.8, 4) is 11.1 Å². The van der Waals surface area contributed by atoms with Gasteiger partial charge in [0, 0.05) is 25.0 Å². The highest BCUT2D eigenvalue weighted by molar-refractivity contribution is 5.64. The van der Waals surface area contributed by atoms with Crippen LogP contribution in [0.15, 0.2) is 42.7 Å². The van der Waals surface area contributed by atoms with Gasteiger partial charge in [0.25, 0.3) is 0 Å². The molecule has 1 aliphatic heterocycles. The van der Waals surface area contributed by atoms with E-state index in [1.807, 2.05) is 19.3 Å². The summed E-state index contributed by atoms with van der Waals surface area (Å²) in [4.78, 5) is 4.20. The Labute approximate surface area is 125 Å². The van der Waals surface area contributed by atoms with Gasteiger partial charge in [-0.05, 0) is 47.9 Å². The van der Waals surface area contributed by atoms with Gasteiger partial charge in [0.1, 0.15) is 0 Å². The number of hydrogen-bond acceptors (Lipinski definition) is 4. The molecule has 4 nitrogen and oxygen atoms in total. The number of likely N-dealkylation sites (N-methyl/N-ethyl adjacent to an activating group) is 1. The number of fused-ring (bicyclic) bond motifs is 1. The molecule has 0 bridgehead atoms. The van der Waals surface area contributed by atoms with Crippen LogP contribution >= 0.6 is 0 Å². The van der Waals surface area contributed by atoms with Crippen LogP contribution in [0.3, 0.4) is 0 Å². The Hall–Kier alpha value is -1.75. The van der Waals surface area contributed by atoms with E-state index in [2.05, 4.69) is 34.6 Å². The van der Waals surface area contributed by atoms with Crippen LogP contribution in [0.4, 0.5) is 0 Å². The summed E-state index contributed by atoms with van der Waals surface area (Å²) in [6.45, 7) is 1.31. The van der Waals surface area contributed by atoms with Crippen molar-refractivity contribution < 1.29 is 4.74 Å². The van der Waals surface area contributed by atoms with Gasteiger partial charge in [-0.2, -0.15) is 0 Å². The summed E-state index contributed by atoms with van der Waals surface area (Å²) in [6.07, 6.45) is 4.65. The second-order valence-corrected chi connectivity index (χ2v) is 5.33. The largest absolute Gasteiger partial charge is 0.371 e. The summed E-state index contributed by atoms with van der Waals surface area (Å²) in [5, 5.41) is 3.26. The number of aromatic nitrogens is 1. The van der Waals surface area contributed by atoms with Gasteiger partial charge >= 0.3 is 0 Å². The lowest BCUT2D eigenvalue weighted by Crippen LogP contribution is -2.41. The highest BCUT2D eigenvalue weighted by atomic mass is 16.5. The first-order valence-electron chi connectivity index (χ1n) is 7.35. The van der Waals surface area contributed by atoms with Crippen molar-refractivity contribution in [3.05, 3.63) is 53.9 Å². The fourth-order valence-corrected chi connectivity index (χ4v) is 2.91. The molecule has 0 saturated carbocycles. The molecular formula is C17H21N3O.